The Labute approximate surface area is 180 Å². The summed E-state index contributed by atoms with van der Waals surface area (Å²) in [5.41, 5.74) is 0. The van der Waals surface area contributed by atoms with Crippen LogP contribution in [-0.4, -0.2) is 93.0 Å². The lowest BCUT2D eigenvalue weighted by molar-refractivity contribution is -0.133. The summed E-state index contributed by atoms with van der Waals surface area (Å²) in [5.74, 6) is 2.04. The first-order chi connectivity index (χ1) is 14.6. The largest absolute Gasteiger partial charge is 0.468 e. The van der Waals surface area contributed by atoms with Crippen molar-refractivity contribution in [3.63, 3.8) is 0 Å². The van der Waals surface area contributed by atoms with Crippen LogP contribution >= 0.6 is 0 Å². The van der Waals surface area contributed by atoms with Gasteiger partial charge in [0, 0.05) is 40.8 Å². The molecule has 8 heteroatoms. The molecule has 168 valence electrons. The van der Waals surface area contributed by atoms with Gasteiger partial charge in [0.25, 0.3) is 0 Å². The second kappa shape index (κ2) is 11.4. The van der Waals surface area contributed by atoms with Gasteiger partial charge in [-0.25, -0.2) is 0 Å². The molecule has 30 heavy (non-hydrogen) atoms. The molecule has 2 saturated heterocycles. The van der Waals surface area contributed by atoms with Gasteiger partial charge in [-0.1, -0.05) is 0 Å². The van der Waals surface area contributed by atoms with Crippen LogP contribution in [0, 0.1) is 0 Å². The Balaban J connectivity index is 1.42. The van der Waals surface area contributed by atoms with E-state index in [0.717, 1.165) is 70.3 Å². The van der Waals surface area contributed by atoms with Gasteiger partial charge in [-0.05, 0) is 63.9 Å². The van der Waals surface area contributed by atoms with Gasteiger partial charge in [0.1, 0.15) is 5.76 Å². The molecule has 1 aromatic heterocycles. The molecular weight excluding hydrogens is 380 g/mol. The summed E-state index contributed by atoms with van der Waals surface area (Å²) in [6, 6.07) is 4.29. The Morgan fingerprint density at radius 1 is 1.27 bits per heavy atom. The van der Waals surface area contributed by atoms with E-state index in [1.54, 1.807) is 18.2 Å². The summed E-state index contributed by atoms with van der Waals surface area (Å²) in [5, 5.41) is 6.89. The predicted octanol–water partition coefficient (Wildman–Crippen LogP) is 1.52. The molecule has 2 aliphatic heterocycles. The van der Waals surface area contributed by atoms with E-state index in [-0.39, 0.29) is 18.0 Å². The summed E-state index contributed by atoms with van der Waals surface area (Å²) in [7, 11) is 5.49. The number of furan rings is 1. The standard InChI is InChI=1S/C22H38N6O2/c1-23-22(24-11-8-15-27-14-6-9-18(27)21(29)26(2)3)25-17-19(20-10-7-16-30-20)28-12-4-5-13-28/h7,10,16,18-19H,4-6,8-9,11-15,17H2,1-3H3,(H2,23,24,25). The maximum Gasteiger partial charge on any atom is 0.239 e. The van der Waals surface area contributed by atoms with Crippen molar-refractivity contribution in [2.75, 3.05) is 60.4 Å². The van der Waals surface area contributed by atoms with E-state index in [0.29, 0.717) is 0 Å². The van der Waals surface area contributed by atoms with Crippen LogP contribution in [0.3, 0.4) is 0 Å². The van der Waals surface area contributed by atoms with Crippen LogP contribution in [0.4, 0.5) is 0 Å². The van der Waals surface area contributed by atoms with Gasteiger partial charge >= 0.3 is 0 Å². The molecule has 3 rings (SSSR count). The van der Waals surface area contributed by atoms with Gasteiger partial charge < -0.3 is 20.0 Å². The Hall–Kier alpha value is -2.06. The normalized spacial score (nSPS) is 21.7. The van der Waals surface area contributed by atoms with Crippen LogP contribution in [-0.2, 0) is 4.79 Å². The molecule has 3 heterocycles. The Kier molecular flexibility index (Phi) is 8.57. The molecule has 2 atom stereocenters. The lowest BCUT2D eigenvalue weighted by atomic mass is 10.2. The minimum absolute atomic E-state index is 0.0481. The second-order valence-corrected chi connectivity index (χ2v) is 8.43. The zero-order valence-electron chi connectivity index (χ0n) is 18.8. The van der Waals surface area contributed by atoms with Crippen molar-refractivity contribution in [1.82, 2.24) is 25.3 Å². The number of hydrogen-bond acceptors (Lipinski definition) is 5. The summed E-state index contributed by atoms with van der Waals surface area (Å²) >= 11 is 0. The van der Waals surface area contributed by atoms with Gasteiger partial charge in [-0.3, -0.25) is 19.6 Å². The zero-order chi connectivity index (χ0) is 21.3. The smallest absolute Gasteiger partial charge is 0.239 e. The van der Waals surface area contributed by atoms with E-state index < -0.39 is 0 Å². The number of carbonyl (C=O) groups excluding carboxylic acids is 1. The topological polar surface area (TPSA) is 76.4 Å². The molecule has 0 spiro atoms. The lowest BCUT2D eigenvalue weighted by Gasteiger charge is -2.27. The maximum absolute atomic E-state index is 12.3. The molecule has 2 fully saturated rings. The van der Waals surface area contributed by atoms with Crippen LogP contribution in [0.15, 0.2) is 27.8 Å². The second-order valence-electron chi connectivity index (χ2n) is 8.43. The van der Waals surface area contributed by atoms with Crippen molar-refractivity contribution in [3.8, 4) is 0 Å². The van der Waals surface area contributed by atoms with Crippen LogP contribution in [0.25, 0.3) is 0 Å². The predicted molar refractivity (Wildman–Crippen MR) is 120 cm³/mol. The molecule has 2 unspecified atom stereocenters. The minimum Gasteiger partial charge on any atom is -0.468 e. The summed E-state index contributed by atoms with van der Waals surface area (Å²) in [4.78, 5) is 23.2. The number of likely N-dealkylation sites (tertiary alicyclic amines) is 2. The molecular formula is C22H38N6O2. The van der Waals surface area contributed by atoms with Crippen molar-refractivity contribution < 1.29 is 9.21 Å². The monoisotopic (exact) mass is 418 g/mol. The van der Waals surface area contributed by atoms with Crippen LogP contribution in [0.2, 0.25) is 0 Å². The molecule has 0 saturated carbocycles. The Morgan fingerprint density at radius 2 is 2.07 bits per heavy atom. The fraction of sp³-hybridized carbons (Fsp3) is 0.727. The number of likely N-dealkylation sites (N-methyl/N-ethyl adjacent to an activating group) is 1. The first-order valence-corrected chi connectivity index (χ1v) is 11.3. The Bertz CT molecular complexity index is 669. The van der Waals surface area contributed by atoms with Gasteiger partial charge in [-0.2, -0.15) is 0 Å². The highest BCUT2D eigenvalue weighted by molar-refractivity contribution is 5.81. The highest BCUT2D eigenvalue weighted by Gasteiger charge is 2.31. The number of nitrogens with zero attached hydrogens (tertiary/aromatic N) is 4. The summed E-state index contributed by atoms with van der Waals surface area (Å²) < 4.78 is 5.70. The summed E-state index contributed by atoms with van der Waals surface area (Å²) in [6.45, 7) is 5.76. The van der Waals surface area contributed by atoms with E-state index in [2.05, 4.69) is 31.5 Å². The van der Waals surface area contributed by atoms with Crippen LogP contribution in [0.1, 0.15) is 43.9 Å². The molecule has 1 aromatic rings. The first kappa shape index (κ1) is 22.6. The van der Waals surface area contributed by atoms with E-state index >= 15 is 0 Å². The third kappa shape index (κ3) is 5.98. The fourth-order valence-corrected chi connectivity index (χ4v) is 4.52. The highest BCUT2D eigenvalue weighted by Crippen LogP contribution is 2.24. The maximum atomic E-state index is 12.3. The lowest BCUT2D eigenvalue weighted by Crippen LogP contribution is -2.45. The van der Waals surface area contributed by atoms with Gasteiger partial charge in [0.2, 0.25) is 5.91 Å². The molecule has 8 nitrogen and oxygen atoms in total. The molecule has 2 aliphatic rings. The Morgan fingerprint density at radius 3 is 2.73 bits per heavy atom. The molecule has 0 radical (unpaired) electrons. The molecule has 1 amide bonds. The van der Waals surface area contributed by atoms with Crippen molar-refractivity contribution >= 4 is 11.9 Å². The molecule has 0 aliphatic carbocycles. The van der Waals surface area contributed by atoms with E-state index in [9.17, 15) is 4.79 Å². The van der Waals surface area contributed by atoms with Crippen molar-refractivity contribution in [2.45, 2.75) is 44.2 Å². The average molecular weight is 419 g/mol. The van der Waals surface area contributed by atoms with Gasteiger partial charge in [0.05, 0.1) is 18.3 Å². The van der Waals surface area contributed by atoms with Gasteiger partial charge in [-0.15, -0.1) is 0 Å². The first-order valence-electron chi connectivity index (χ1n) is 11.3. The highest BCUT2D eigenvalue weighted by atomic mass is 16.3. The molecule has 0 aromatic carbocycles. The van der Waals surface area contributed by atoms with Crippen molar-refractivity contribution in [3.05, 3.63) is 24.2 Å². The molecule has 2 N–H and O–H groups in total. The number of aliphatic imine (C=N–C) groups is 1. The van der Waals surface area contributed by atoms with Crippen LogP contribution < -0.4 is 10.6 Å². The molecule has 0 bridgehead atoms. The number of nitrogens with one attached hydrogen (secondary N) is 2. The number of carbonyl (C=O) groups is 1. The van der Waals surface area contributed by atoms with Crippen molar-refractivity contribution in [2.24, 2.45) is 4.99 Å². The quantitative estimate of drug-likeness (QED) is 0.360. The fourth-order valence-electron chi connectivity index (χ4n) is 4.52. The number of rotatable bonds is 9. The van der Waals surface area contributed by atoms with Crippen LogP contribution in [0.5, 0.6) is 0 Å². The van der Waals surface area contributed by atoms with E-state index in [1.165, 1.54) is 12.8 Å². The third-order valence-corrected chi connectivity index (χ3v) is 6.14. The minimum atomic E-state index is 0.0481. The number of amides is 1. The van der Waals surface area contributed by atoms with Gasteiger partial charge in [0.15, 0.2) is 5.96 Å². The number of hydrogen-bond donors (Lipinski definition) is 2. The third-order valence-electron chi connectivity index (χ3n) is 6.14. The SMILES string of the molecule is CN=C(NCCCN1CCCC1C(=O)N(C)C)NCC(c1ccco1)N1CCCC1. The number of guanidine groups is 1. The van der Waals surface area contributed by atoms with E-state index in [1.807, 2.05) is 20.2 Å². The average Bonchev–Trinajstić information content (AvgIpc) is 3.52. The van der Waals surface area contributed by atoms with Crippen molar-refractivity contribution in [1.29, 1.82) is 0 Å². The zero-order valence-corrected chi connectivity index (χ0v) is 18.8. The summed E-state index contributed by atoms with van der Waals surface area (Å²) in [6.07, 6.45) is 7.30. The van der Waals surface area contributed by atoms with E-state index in [4.69, 9.17) is 4.42 Å².